The summed E-state index contributed by atoms with van der Waals surface area (Å²) >= 11 is 1.19. The summed E-state index contributed by atoms with van der Waals surface area (Å²) in [7, 11) is 4.54. The lowest BCUT2D eigenvalue weighted by atomic mass is 9.95. The Kier molecular flexibility index (Phi) is 8.20. The lowest BCUT2D eigenvalue weighted by Gasteiger charge is -2.25. The maximum Gasteiger partial charge on any atom is 0.338 e. The van der Waals surface area contributed by atoms with Crippen LogP contribution in [0, 0.1) is 0 Å². The van der Waals surface area contributed by atoms with Gasteiger partial charge in [-0.25, -0.2) is 9.79 Å². The van der Waals surface area contributed by atoms with E-state index in [1.165, 1.54) is 29.9 Å². The summed E-state index contributed by atoms with van der Waals surface area (Å²) in [6.45, 7) is 4.84. The molecule has 0 radical (unpaired) electrons. The molecule has 0 bridgehead atoms. The lowest BCUT2D eigenvalue weighted by molar-refractivity contribution is -0.139. The van der Waals surface area contributed by atoms with Crippen molar-refractivity contribution in [2.45, 2.75) is 26.8 Å². The standard InChI is InChI=1S/C28H28N2O8S/c1-7-37-27(33)24-15(2)29-28-30(25(24)17-8-10-21(38-16(3)31)22(13-17)36-6)26(32)23(39-28)14-18-12-19(34-4)9-11-20(18)35-5/h8-14,25H,7H2,1-6H3/b23-14+/t25-/m0/s1. The Bertz CT molecular complexity index is 1650. The van der Waals surface area contributed by atoms with Gasteiger partial charge >= 0.3 is 11.9 Å². The second-order valence-electron chi connectivity index (χ2n) is 8.41. The second-order valence-corrected chi connectivity index (χ2v) is 9.42. The third-order valence-electron chi connectivity index (χ3n) is 6.00. The minimum Gasteiger partial charge on any atom is -0.497 e. The monoisotopic (exact) mass is 552 g/mol. The summed E-state index contributed by atoms with van der Waals surface area (Å²) in [5, 5.41) is 0. The van der Waals surface area contributed by atoms with Gasteiger partial charge in [0.15, 0.2) is 16.3 Å². The van der Waals surface area contributed by atoms with Gasteiger partial charge in [-0.05, 0) is 55.8 Å². The van der Waals surface area contributed by atoms with Crippen molar-refractivity contribution in [3.05, 3.63) is 78.5 Å². The summed E-state index contributed by atoms with van der Waals surface area (Å²) in [5.74, 6) is 0.550. The van der Waals surface area contributed by atoms with E-state index in [1.807, 2.05) is 0 Å². The first kappa shape index (κ1) is 27.6. The fourth-order valence-electron chi connectivity index (χ4n) is 4.29. The average molecular weight is 553 g/mol. The lowest BCUT2D eigenvalue weighted by Crippen LogP contribution is -2.40. The molecule has 3 aromatic rings. The van der Waals surface area contributed by atoms with E-state index in [-0.39, 0.29) is 29.2 Å². The molecular formula is C28H28N2O8S. The van der Waals surface area contributed by atoms with E-state index in [0.717, 1.165) is 0 Å². The second kappa shape index (κ2) is 11.6. The number of methoxy groups -OCH3 is 3. The minimum atomic E-state index is -0.866. The number of thiazole rings is 1. The SMILES string of the molecule is CCOC(=O)C1=C(C)N=c2s/c(=C/c3cc(OC)ccc3OC)c(=O)n2[C@H]1c1ccc(OC(C)=O)c(OC)c1. The third kappa shape index (κ3) is 5.44. The molecule has 0 aliphatic carbocycles. The smallest absolute Gasteiger partial charge is 0.338 e. The maximum atomic E-state index is 13.9. The van der Waals surface area contributed by atoms with Gasteiger partial charge in [-0.3, -0.25) is 14.2 Å². The Morgan fingerprint density at radius 1 is 1.03 bits per heavy atom. The summed E-state index contributed by atoms with van der Waals surface area (Å²) in [5.41, 5.74) is 1.48. The fraction of sp³-hybridized carbons (Fsp3) is 0.286. The van der Waals surface area contributed by atoms with Crippen LogP contribution in [0.4, 0.5) is 0 Å². The molecule has 0 unspecified atom stereocenters. The highest BCUT2D eigenvalue weighted by Crippen LogP contribution is 2.36. The molecule has 11 heteroatoms. The van der Waals surface area contributed by atoms with Crippen molar-refractivity contribution in [1.82, 2.24) is 4.57 Å². The van der Waals surface area contributed by atoms with Crippen molar-refractivity contribution in [2.24, 2.45) is 4.99 Å². The molecular weight excluding hydrogens is 524 g/mol. The van der Waals surface area contributed by atoms with Gasteiger partial charge in [-0.2, -0.15) is 0 Å². The Morgan fingerprint density at radius 3 is 2.38 bits per heavy atom. The van der Waals surface area contributed by atoms with Crippen LogP contribution in [0.3, 0.4) is 0 Å². The van der Waals surface area contributed by atoms with E-state index in [1.54, 1.807) is 70.5 Å². The Balaban J connectivity index is 1.97. The van der Waals surface area contributed by atoms with Crippen LogP contribution in [0.15, 0.2) is 57.5 Å². The van der Waals surface area contributed by atoms with Gasteiger partial charge in [0.1, 0.15) is 11.5 Å². The number of nitrogens with zero attached hydrogens (tertiary/aromatic N) is 2. The molecule has 0 saturated carbocycles. The van der Waals surface area contributed by atoms with Crippen LogP contribution >= 0.6 is 11.3 Å². The van der Waals surface area contributed by atoms with E-state index in [4.69, 9.17) is 23.7 Å². The van der Waals surface area contributed by atoms with Crippen molar-refractivity contribution in [3.8, 4) is 23.0 Å². The number of carbonyl (C=O) groups is 2. The van der Waals surface area contributed by atoms with Crippen LogP contribution in [-0.2, 0) is 14.3 Å². The van der Waals surface area contributed by atoms with Gasteiger partial charge in [0.05, 0.1) is 49.8 Å². The molecule has 0 saturated heterocycles. The van der Waals surface area contributed by atoms with Gasteiger partial charge in [-0.15, -0.1) is 0 Å². The van der Waals surface area contributed by atoms with E-state index in [0.29, 0.717) is 37.7 Å². The molecule has 1 atom stereocenters. The van der Waals surface area contributed by atoms with E-state index in [9.17, 15) is 14.4 Å². The Hall–Kier alpha value is -4.38. The number of rotatable bonds is 8. The molecule has 10 nitrogen and oxygen atoms in total. The predicted octanol–water partition coefficient (Wildman–Crippen LogP) is 2.75. The first-order chi connectivity index (χ1) is 18.7. The maximum absolute atomic E-state index is 13.9. The average Bonchev–Trinajstić information content (AvgIpc) is 3.21. The van der Waals surface area contributed by atoms with E-state index in [2.05, 4.69) is 4.99 Å². The van der Waals surface area contributed by atoms with Crippen LogP contribution in [0.5, 0.6) is 23.0 Å². The van der Waals surface area contributed by atoms with Crippen LogP contribution in [0.25, 0.3) is 6.08 Å². The minimum absolute atomic E-state index is 0.150. The van der Waals surface area contributed by atoms with Gasteiger partial charge < -0.3 is 23.7 Å². The zero-order chi connectivity index (χ0) is 28.3. The molecule has 1 aliphatic heterocycles. The highest BCUT2D eigenvalue weighted by Gasteiger charge is 2.34. The zero-order valence-electron chi connectivity index (χ0n) is 22.4. The summed E-state index contributed by atoms with van der Waals surface area (Å²) in [6.07, 6.45) is 1.70. The number of fused-ring (bicyclic) bond motifs is 1. The zero-order valence-corrected chi connectivity index (χ0v) is 23.2. The first-order valence-corrected chi connectivity index (χ1v) is 12.8. The molecule has 0 spiro atoms. The van der Waals surface area contributed by atoms with Crippen molar-refractivity contribution in [1.29, 1.82) is 0 Å². The molecule has 1 aromatic heterocycles. The molecule has 2 heterocycles. The third-order valence-corrected chi connectivity index (χ3v) is 6.98. The fourth-order valence-corrected chi connectivity index (χ4v) is 5.33. The molecule has 2 aromatic carbocycles. The van der Waals surface area contributed by atoms with Gasteiger partial charge in [0.25, 0.3) is 5.56 Å². The molecule has 204 valence electrons. The number of ether oxygens (including phenoxy) is 5. The van der Waals surface area contributed by atoms with E-state index >= 15 is 0 Å². The number of allylic oxidation sites excluding steroid dienone is 1. The number of hydrogen-bond acceptors (Lipinski definition) is 10. The van der Waals surface area contributed by atoms with Crippen LogP contribution < -0.4 is 33.8 Å². The number of benzene rings is 2. The van der Waals surface area contributed by atoms with Gasteiger partial charge in [0.2, 0.25) is 0 Å². The highest BCUT2D eigenvalue weighted by molar-refractivity contribution is 7.07. The van der Waals surface area contributed by atoms with Crippen molar-refractivity contribution in [3.63, 3.8) is 0 Å². The van der Waals surface area contributed by atoms with E-state index < -0.39 is 18.0 Å². The first-order valence-electron chi connectivity index (χ1n) is 12.0. The highest BCUT2D eigenvalue weighted by atomic mass is 32.1. The van der Waals surface area contributed by atoms with Crippen molar-refractivity contribution in [2.75, 3.05) is 27.9 Å². The number of aromatic nitrogens is 1. The molecule has 1 aliphatic rings. The van der Waals surface area contributed by atoms with Gasteiger partial charge in [-0.1, -0.05) is 17.4 Å². The largest absolute Gasteiger partial charge is 0.497 e. The quantitative estimate of drug-likeness (QED) is 0.310. The van der Waals surface area contributed by atoms with Crippen molar-refractivity contribution < 1.29 is 33.3 Å². The normalized spacial score (nSPS) is 14.8. The van der Waals surface area contributed by atoms with Crippen LogP contribution in [-0.4, -0.2) is 44.4 Å². The Morgan fingerprint density at radius 2 is 1.74 bits per heavy atom. The number of hydrogen-bond donors (Lipinski definition) is 0. The molecule has 0 fully saturated rings. The summed E-state index contributed by atoms with van der Waals surface area (Å²) < 4.78 is 28.7. The predicted molar refractivity (Wildman–Crippen MR) is 144 cm³/mol. The van der Waals surface area contributed by atoms with Crippen LogP contribution in [0.2, 0.25) is 0 Å². The summed E-state index contributed by atoms with van der Waals surface area (Å²) in [6, 6.07) is 9.28. The molecule has 39 heavy (non-hydrogen) atoms. The molecule has 0 amide bonds. The van der Waals surface area contributed by atoms with Crippen molar-refractivity contribution >= 4 is 29.4 Å². The molecule has 0 N–H and O–H groups in total. The summed E-state index contributed by atoms with van der Waals surface area (Å²) in [4.78, 5) is 43.6. The molecule has 4 rings (SSSR count). The Labute approximate surface area is 228 Å². The number of carbonyl (C=O) groups excluding carboxylic acids is 2. The topological polar surface area (TPSA) is 115 Å². The van der Waals surface area contributed by atoms with Crippen LogP contribution in [0.1, 0.15) is 37.9 Å². The number of esters is 2. The van der Waals surface area contributed by atoms with Gasteiger partial charge in [0, 0.05) is 12.5 Å².